The first-order valence-corrected chi connectivity index (χ1v) is 23.7. The predicted octanol–water partition coefficient (Wildman–Crippen LogP) is 7.42. The van der Waals surface area contributed by atoms with Gasteiger partial charge in [-0.1, -0.05) is 0 Å². The topological polar surface area (TPSA) is 0 Å². The Morgan fingerprint density at radius 3 is 0.771 bits per heavy atom. The van der Waals surface area contributed by atoms with Crippen molar-refractivity contribution in [3.8, 4) is 0 Å². The van der Waals surface area contributed by atoms with E-state index in [0.29, 0.717) is 0 Å². The molecule has 0 spiro atoms. The number of halogens is 4. The number of hydrogen-bond acceptors (Lipinski definition) is 0. The summed E-state index contributed by atoms with van der Waals surface area (Å²) in [6.45, 7) is 0. The first kappa shape index (κ1) is 32.5. The van der Waals surface area contributed by atoms with Gasteiger partial charge in [0.25, 0.3) is 0 Å². The molecule has 4 rings (SSSR count). The fourth-order valence-corrected chi connectivity index (χ4v) is 44.1. The minimum absolute atomic E-state index is 0. The van der Waals surface area contributed by atoms with E-state index in [9.17, 15) is 0 Å². The van der Waals surface area contributed by atoms with Crippen molar-refractivity contribution in [1.29, 1.82) is 0 Å². The van der Waals surface area contributed by atoms with Crippen LogP contribution in [0.2, 0.25) is 0 Å². The first-order valence-electron chi connectivity index (χ1n) is 10.2. The van der Waals surface area contributed by atoms with Gasteiger partial charge in [-0.25, -0.2) is 0 Å². The van der Waals surface area contributed by atoms with E-state index in [1.807, 2.05) is 24.3 Å². The van der Waals surface area contributed by atoms with Crippen molar-refractivity contribution in [2.75, 3.05) is 5.90 Å². The smallest absolute Gasteiger partial charge is 0 e. The van der Waals surface area contributed by atoms with E-state index >= 15 is 0 Å². The molecule has 0 atom stereocenters. The quantitative estimate of drug-likeness (QED) is 0.128. The van der Waals surface area contributed by atoms with Gasteiger partial charge >= 0.3 is 224 Å². The van der Waals surface area contributed by atoms with Crippen LogP contribution in [0.25, 0.3) is 0 Å². The standard InChI is InChI=1S/C25H22P2.4ClH.2Fe.2Pd/c1-5-13-22(14-6-1)26(23-15-7-2-8-16-23)21-27(24-17-9-3-10-18-24)25-19-11-4-12-20-25;;;;;;;;/h1-20H,21H2;4*1H;;;;/q;;;;;2*+1;;/p-2. The summed E-state index contributed by atoms with van der Waals surface area (Å²) in [6.07, 6.45) is 0. The van der Waals surface area contributed by atoms with E-state index in [1.54, 1.807) is 0 Å². The predicted molar refractivity (Wildman–Crippen MR) is 149 cm³/mol. The summed E-state index contributed by atoms with van der Waals surface area (Å²) in [7, 11) is 28.4. The number of benzene rings is 4. The van der Waals surface area contributed by atoms with Crippen molar-refractivity contribution >= 4 is 73.5 Å². The summed E-state index contributed by atoms with van der Waals surface area (Å²) in [4.78, 5) is 0. The average molecular weight is 853 g/mol. The van der Waals surface area contributed by atoms with Gasteiger partial charge in [0.2, 0.25) is 0 Å². The normalized spacial score (nSPS) is 13.0. The molecule has 0 aliphatic carbocycles. The van der Waals surface area contributed by atoms with Crippen LogP contribution in [0.5, 0.6) is 0 Å². The third-order valence-electron chi connectivity index (χ3n) is 5.83. The molecule has 0 saturated carbocycles. The van der Waals surface area contributed by atoms with Crippen molar-refractivity contribution in [2.24, 2.45) is 0 Å². The van der Waals surface area contributed by atoms with Crippen LogP contribution in [0.15, 0.2) is 121 Å². The third kappa shape index (κ3) is 6.89. The van der Waals surface area contributed by atoms with Crippen molar-refractivity contribution in [1.82, 2.24) is 0 Å². The molecule has 0 aliphatic rings. The van der Waals surface area contributed by atoms with Gasteiger partial charge in [-0.05, 0) is 0 Å². The van der Waals surface area contributed by atoms with Crippen LogP contribution in [0.1, 0.15) is 0 Å². The van der Waals surface area contributed by atoms with Gasteiger partial charge in [-0.15, -0.1) is 0 Å². The minimum Gasteiger partial charge on any atom is 0 e. The summed E-state index contributed by atoms with van der Waals surface area (Å²) < 4.78 is 0. The Balaban J connectivity index is 0.00000216. The molecule has 0 unspecified atom stereocenters. The molecule has 0 saturated heterocycles. The molecule has 10 heteroatoms. The van der Waals surface area contributed by atoms with Crippen molar-refractivity contribution in [3.05, 3.63) is 121 Å². The Bertz CT molecular complexity index is 987. The van der Waals surface area contributed by atoms with Crippen LogP contribution < -0.4 is 21.2 Å². The zero-order chi connectivity index (χ0) is 23.3. The molecule has 0 bridgehead atoms. The molecule has 0 radical (unpaired) electrons. The van der Waals surface area contributed by atoms with E-state index in [1.165, 1.54) is 21.2 Å². The monoisotopic (exact) mass is 850 g/mol. The molecule has 0 aliphatic heterocycles. The SMILES string of the molecule is [Cl][Fe]([Cl])[PH](C[PH](c1ccccc1)(c1ccccc1)[Fe]([Cl])[Cl])(c1ccccc1)c1ccccc1.[Pd].[Pd]. The molecule has 0 heterocycles. The molecule has 198 valence electrons. The Labute approximate surface area is 261 Å². The second-order valence-corrected chi connectivity index (χ2v) is 33.4. The van der Waals surface area contributed by atoms with Gasteiger partial charge in [-0.2, -0.15) is 0 Å². The summed E-state index contributed by atoms with van der Waals surface area (Å²) >= 11 is -3.16. The molecule has 35 heavy (non-hydrogen) atoms. The summed E-state index contributed by atoms with van der Waals surface area (Å²) in [6, 6.07) is 42.3. The second kappa shape index (κ2) is 15.2. The van der Waals surface area contributed by atoms with Crippen LogP contribution in [-0.2, 0) is 64.1 Å². The Morgan fingerprint density at radius 2 is 0.600 bits per heavy atom. The van der Waals surface area contributed by atoms with Gasteiger partial charge in [0, 0.05) is 40.8 Å². The van der Waals surface area contributed by atoms with Gasteiger partial charge < -0.3 is 0 Å². The second-order valence-electron chi connectivity index (χ2n) is 7.57. The zero-order valence-corrected chi connectivity index (χ0v) is 28.4. The maximum atomic E-state index is 7.11. The Kier molecular flexibility index (Phi) is 14.1. The van der Waals surface area contributed by atoms with Crippen LogP contribution >= 0.6 is 52.3 Å². The Hall–Kier alpha value is 1.26. The van der Waals surface area contributed by atoms with Gasteiger partial charge in [0.1, 0.15) is 0 Å². The zero-order valence-electron chi connectivity index (χ0n) is 18.1. The first-order chi connectivity index (χ1) is 16.0. The van der Waals surface area contributed by atoms with Crippen molar-refractivity contribution < 1.29 is 64.1 Å². The molecular weight excluding hydrogens is 829 g/mol. The number of hydrogen-bond donors (Lipinski definition) is 0. The third-order valence-corrected chi connectivity index (χ3v) is 38.4. The van der Waals surface area contributed by atoms with E-state index < -0.39 is 35.2 Å². The van der Waals surface area contributed by atoms with Crippen LogP contribution in [0, 0.1) is 0 Å². The van der Waals surface area contributed by atoms with Crippen LogP contribution in [0.3, 0.4) is 0 Å². The average Bonchev–Trinajstić information content (AvgIpc) is 2.87. The largest absolute Gasteiger partial charge is 0 e. The molecule has 0 aromatic heterocycles. The molecule has 4 aromatic rings. The van der Waals surface area contributed by atoms with Gasteiger partial charge in [0.15, 0.2) is 0 Å². The van der Waals surface area contributed by atoms with E-state index in [2.05, 4.69) is 97.1 Å². The molecular formula is C25H24Cl4Fe2P2Pd2. The fourth-order valence-electron chi connectivity index (χ4n) is 4.26. The fraction of sp³-hybridized carbons (Fsp3) is 0.0400. The molecule has 0 nitrogen and oxygen atoms in total. The minimum atomic E-state index is -2.66. The maximum Gasteiger partial charge on any atom is 0 e. The molecule has 0 N–H and O–H groups in total. The van der Waals surface area contributed by atoms with Crippen molar-refractivity contribution in [3.63, 3.8) is 0 Å². The molecule has 4 aromatic carbocycles. The van der Waals surface area contributed by atoms with E-state index in [-0.39, 0.29) is 40.8 Å². The maximum absolute atomic E-state index is 7.11. The summed E-state index contributed by atoms with van der Waals surface area (Å²) in [5.74, 6) is -4.50. The number of rotatable bonds is 8. The summed E-state index contributed by atoms with van der Waals surface area (Å²) in [5, 5.41) is 4.94. The summed E-state index contributed by atoms with van der Waals surface area (Å²) in [5.41, 5.74) is 0. The molecule has 0 fully saturated rings. The van der Waals surface area contributed by atoms with E-state index in [4.69, 9.17) is 40.4 Å². The van der Waals surface area contributed by atoms with Crippen molar-refractivity contribution in [2.45, 2.75) is 0 Å². The van der Waals surface area contributed by atoms with Gasteiger partial charge in [0.05, 0.1) is 0 Å². The van der Waals surface area contributed by atoms with Gasteiger partial charge in [-0.3, -0.25) is 0 Å². The van der Waals surface area contributed by atoms with Crippen LogP contribution in [0.4, 0.5) is 0 Å². The van der Waals surface area contributed by atoms with Crippen LogP contribution in [-0.4, -0.2) is 5.90 Å². The Morgan fingerprint density at radius 1 is 0.400 bits per heavy atom. The molecule has 0 amide bonds. The van der Waals surface area contributed by atoms with E-state index in [0.717, 1.165) is 5.90 Å².